The smallest absolute Gasteiger partial charge is 0.291 e. The summed E-state index contributed by atoms with van der Waals surface area (Å²) in [5.41, 5.74) is 1.86. The molecule has 0 atom stereocenters. The van der Waals surface area contributed by atoms with Crippen LogP contribution in [0.2, 0.25) is 10.0 Å². The number of ether oxygens (including phenoxy) is 1. The highest BCUT2D eigenvalue weighted by molar-refractivity contribution is 6.42. The normalized spacial score (nSPS) is 11.3. The molecule has 6 heteroatoms. The molecule has 2 aromatic carbocycles. The fourth-order valence-corrected chi connectivity index (χ4v) is 2.85. The summed E-state index contributed by atoms with van der Waals surface area (Å²) in [6, 6.07) is 16.1. The Morgan fingerprint density at radius 1 is 1.00 bits per heavy atom. The third-order valence-electron chi connectivity index (χ3n) is 4.16. The molecule has 1 N–H and O–H groups in total. The Kier molecular flexibility index (Phi) is 6.01. The minimum absolute atomic E-state index is 0.0934. The second-order valence-corrected chi connectivity index (χ2v) is 8.23. The largest absolute Gasteiger partial charge is 0.486 e. The lowest BCUT2D eigenvalue weighted by Gasteiger charge is -2.19. The molecule has 0 fully saturated rings. The number of hydrogen-bond acceptors (Lipinski definition) is 3. The maximum Gasteiger partial charge on any atom is 0.291 e. The van der Waals surface area contributed by atoms with Gasteiger partial charge in [-0.25, -0.2) is 0 Å². The van der Waals surface area contributed by atoms with Gasteiger partial charge < -0.3 is 14.5 Å². The summed E-state index contributed by atoms with van der Waals surface area (Å²) >= 11 is 11.8. The topological polar surface area (TPSA) is 51.5 Å². The van der Waals surface area contributed by atoms with E-state index in [9.17, 15) is 4.79 Å². The number of benzene rings is 2. The molecule has 1 amide bonds. The standard InChI is InChI=1S/C22H21Cl2NO3/c1-22(2,3)14-4-7-16(8-5-14)27-13-17-9-11-20(28-17)21(26)25-15-6-10-18(23)19(24)12-15/h4-12H,13H2,1-3H3,(H,25,26). The van der Waals surface area contributed by atoms with E-state index >= 15 is 0 Å². The predicted octanol–water partition coefficient (Wildman–Crippen LogP) is 6.72. The second-order valence-electron chi connectivity index (χ2n) is 7.41. The van der Waals surface area contributed by atoms with Crippen LogP contribution in [0, 0.1) is 0 Å². The maximum atomic E-state index is 12.3. The molecule has 4 nitrogen and oxygen atoms in total. The SMILES string of the molecule is CC(C)(C)c1ccc(OCc2ccc(C(=O)Nc3ccc(Cl)c(Cl)c3)o2)cc1. The molecule has 0 unspecified atom stereocenters. The van der Waals surface area contributed by atoms with Crippen molar-refractivity contribution in [3.05, 3.63) is 81.7 Å². The van der Waals surface area contributed by atoms with Crippen molar-refractivity contribution in [3.8, 4) is 5.75 Å². The first-order valence-corrected chi connectivity index (χ1v) is 9.56. The first-order chi connectivity index (χ1) is 13.2. The quantitative estimate of drug-likeness (QED) is 0.501. The number of furan rings is 1. The molecule has 0 aliphatic carbocycles. The van der Waals surface area contributed by atoms with Crippen molar-refractivity contribution < 1.29 is 13.9 Å². The average molecular weight is 418 g/mol. The number of carbonyl (C=O) groups excluding carboxylic acids is 1. The van der Waals surface area contributed by atoms with Crippen LogP contribution in [-0.4, -0.2) is 5.91 Å². The molecule has 1 heterocycles. The molecule has 3 aromatic rings. The van der Waals surface area contributed by atoms with Crippen molar-refractivity contribution in [2.24, 2.45) is 0 Å². The van der Waals surface area contributed by atoms with Crippen LogP contribution >= 0.6 is 23.2 Å². The van der Waals surface area contributed by atoms with Gasteiger partial charge in [-0.2, -0.15) is 0 Å². The van der Waals surface area contributed by atoms with Crippen molar-refractivity contribution in [2.75, 3.05) is 5.32 Å². The fraction of sp³-hybridized carbons (Fsp3) is 0.227. The third-order valence-corrected chi connectivity index (χ3v) is 4.90. The van der Waals surface area contributed by atoms with E-state index in [1.807, 2.05) is 24.3 Å². The van der Waals surface area contributed by atoms with Gasteiger partial charge in [-0.3, -0.25) is 4.79 Å². The van der Waals surface area contributed by atoms with E-state index in [2.05, 4.69) is 26.1 Å². The van der Waals surface area contributed by atoms with Crippen LogP contribution in [0.4, 0.5) is 5.69 Å². The minimum Gasteiger partial charge on any atom is -0.486 e. The van der Waals surface area contributed by atoms with Gasteiger partial charge in [0.1, 0.15) is 18.1 Å². The van der Waals surface area contributed by atoms with Crippen LogP contribution in [0.5, 0.6) is 5.75 Å². The van der Waals surface area contributed by atoms with Crippen molar-refractivity contribution in [1.29, 1.82) is 0 Å². The molecule has 0 aliphatic rings. The summed E-state index contributed by atoms with van der Waals surface area (Å²) in [4.78, 5) is 12.3. The highest BCUT2D eigenvalue weighted by atomic mass is 35.5. The average Bonchev–Trinajstić information content (AvgIpc) is 3.12. The van der Waals surface area contributed by atoms with Crippen molar-refractivity contribution >= 4 is 34.8 Å². The summed E-state index contributed by atoms with van der Waals surface area (Å²) in [7, 11) is 0. The molecule has 0 radical (unpaired) electrons. The van der Waals surface area contributed by atoms with Gasteiger partial charge in [-0.15, -0.1) is 0 Å². The zero-order valence-corrected chi connectivity index (χ0v) is 17.4. The van der Waals surface area contributed by atoms with Crippen LogP contribution in [-0.2, 0) is 12.0 Å². The first kappa shape index (κ1) is 20.3. The van der Waals surface area contributed by atoms with Crippen molar-refractivity contribution in [3.63, 3.8) is 0 Å². The van der Waals surface area contributed by atoms with Gasteiger partial charge >= 0.3 is 0 Å². The van der Waals surface area contributed by atoms with Gasteiger partial charge in [0, 0.05) is 5.69 Å². The highest BCUT2D eigenvalue weighted by Crippen LogP contribution is 2.26. The molecule has 0 spiro atoms. The summed E-state index contributed by atoms with van der Waals surface area (Å²) < 4.78 is 11.3. The number of rotatable bonds is 5. The van der Waals surface area contributed by atoms with E-state index in [0.717, 1.165) is 5.75 Å². The van der Waals surface area contributed by atoms with E-state index in [4.69, 9.17) is 32.4 Å². The van der Waals surface area contributed by atoms with E-state index < -0.39 is 0 Å². The molecule has 0 saturated heterocycles. The lowest BCUT2D eigenvalue weighted by Crippen LogP contribution is -2.11. The van der Waals surface area contributed by atoms with Crippen LogP contribution in [0.3, 0.4) is 0 Å². The molecule has 28 heavy (non-hydrogen) atoms. The zero-order valence-electron chi connectivity index (χ0n) is 15.9. The predicted molar refractivity (Wildman–Crippen MR) is 113 cm³/mol. The number of carbonyl (C=O) groups is 1. The maximum absolute atomic E-state index is 12.3. The lowest BCUT2D eigenvalue weighted by atomic mass is 9.87. The Bertz CT molecular complexity index is 972. The molecule has 0 aliphatic heterocycles. The van der Waals surface area contributed by atoms with Crippen LogP contribution in [0.1, 0.15) is 42.6 Å². The van der Waals surface area contributed by atoms with Gasteiger partial charge in [0.2, 0.25) is 0 Å². The van der Waals surface area contributed by atoms with Crippen LogP contribution in [0.15, 0.2) is 59.0 Å². The summed E-state index contributed by atoms with van der Waals surface area (Å²) in [5, 5.41) is 3.51. The van der Waals surface area contributed by atoms with Crippen molar-refractivity contribution in [1.82, 2.24) is 0 Å². The summed E-state index contributed by atoms with van der Waals surface area (Å²) in [6.45, 7) is 6.72. The Hall–Kier alpha value is -2.43. The van der Waals surface area contributed by atoms with Crippen LogP contribution in [0.25, 0.3) is 0 Å². The van der Waals surface area contributed by atoms with Gasteiger partial charge in [0.05, 0.1) is 10.0 Å². The van der Waals surface area contributed by atoms with E-state index in [1.54, 1.807) is 30.3 Å². The number of hydrogen-bond donors (Lipinski definition) is 1. The van der Waals surface area contributed by atoms with Crippen LogP contribution < -0.4 is 10.1 Å². The van der Waals surface area contributed by atoms with E-state index in [1.165, 1.54) is 5.56 Å². The molecule has 146 valence electrons. The number of halogens is 2. The molecule has 3 rings (SSSR count). The molecular weight excluding hydrogens is 397 g/mol. The number of anilines is 1. The Morgan fingerprint density at radius 2 is 1.71 bits per heavy atom. The van der Waals surface area contributed by atoms with E-state index in [0.29, 0.717) is 21.5 Å². The first-order valence-electron chi connectivity index (χ1n) is 8.81. The van der Waals surface area contributed by atoms with E-state index in [-0.39, 0.29) is 23.7 Å². The van der Waals surface area contributed by atoms with Gasteiger partial charge in [0.25, 0.3) is 5.91 Å². The third kappa shape index (κ3) is 5.09. The molecule has 0 bridgehead atoms. The number of nitrogens with one attached hydrogen (secondary N) is 1. The molecular formula is C22H21Cl2NO3. The highest BCUT2D eigenvalue weighted by Gasteiger charge is 2.14. The van der Waals surface area contributed by atoms with Gasteiger partial charge in [-0.05, 0) is 53.4 Å². The van der Waals surface area contributed by atoms with Crippen molar-refractivity contribution in [2.45, 2.75) is 32.8 Å². The monoisotopic (exact) mass is 417 g/mol. The second kappa shape index (κ2) is 8.29. The van der Waals surface area contributed by atoms with Gasteiger partial charge in [-0.1, -0.05) is 56.1 Å². The Morgan fingerprint density at radius 3 is 2.36 bits per heavy atom. The number of amides is 1. The fourth-order valence-electron chi connectivity index (χ4n) is 2.55. The summed E-state index contributed by atoms with van der Waals surface area (Å²) in [6.07, 6.45) is 0. The zero-order chi connectivity index (χ0) is 20.3. The molecule has 1 aromatic heterocycles. The minimum atomic E-state index is -0.376. The Balaban J connectivity index is 1.59. The molecule has 0 saturated carbocycles. The summed E-state index contributed by atoms with van der Waals surface area (Å²) in [5.74, 6) is 1.11. The lowest BCUT2D eigenvalue weighted by molar-refractivity contribution is 0.0992. The Labute approximate surface area is 174 Å². The van der Waals surface area contributed by atoms with Gasteiger partial charge in [0.15, 0.2) is 5.76 Å².